The predicted octanol–water partition coefficient (Wildman–Crippen LogP) is 3.43. The van der Waals surface area contributed by atoms with Crippen molar-refractivity contribution >= 4 is 21.7 Å². The third-order valence-corrected chi connectivity index (χ3v) is 3.79. The Hall–Kier alpha value is -2.09. The van der Waals surface area contributed by atoms with Gasteiger partial charge in [0.25, 0.3) is 0 Å². The van der Waals surface area contributed by atoms with Crippen molar-refractivity contribution in [2.24, 2.45) is 0 Å². The fourth-order valence-electron chi connectivity index (χ4n) is 2.92. The van der Waals surface area contributed by atoms with Crippen molar-refractivity contribution in [3.8, 4) is 0 Å². The van der Waals surface area contributed by atoms with Crippen LogP contribution in [0.5, 0.6) is 0 Å². The summed E-state index contributed by atoms with van der Waals surface area (Å²) in [4.78, 5) is 12.6. The van der Waals surface area contributed by atoms with E-state index in [0.717, 1.165) is 52.3 Å². The van der Waals surface area contributed by atoms with E-state index in [1.54, 1.807) is 0 Å². The van der Waals surface area contributed by atoms with E-state index in [2.05, 4.69) is 0 Å². The topological polar surface area (TPSA) is 30.2 Å². The van der Waals surface area contributed by atoms with Gasteiger partial charge in [-0.25, -0.2) is 0 Å². The third kappa shape index (κ3) is 1.20. The molecule has 2 heteroatoms. The van der Waals surface area contributed by atoms with Gasteiger partial charge in [-0.05, 0) is 29.7 Å². The first-order chi connectivity index (χ1) is 8.84. The molecule has 1 heterocycles. The van der Waals surface area contributed by atoms with Gasteiger partial charge < -0.3 is 4.42 Å². The molecule has 0 bridgehead atoms. The Morgan fingerprint density at radius 1 is 1.00 bits per heavy atom. The van der Waals surface area contributed by atoms with E-state index in [4.69, 9.17) is 4.42 Å². The maximum atomic E-state index is 12.6. The van der Waals surface area contributed by atoms with Crippen molar-refractivity contribution in [1.29, 1.82) is 0 Å². The molecule has 1 aliphatic carbocycles. The van der Waals surface area contributed by atoms with E-state index in [-0.39, 0.29) is 5.43 Å². The minimum atomic E-state index is 0.167. The number of hydrogen-bond donors (Lipinski definition) is 0. The Morgan fingerprint density at radius 3 is 2.83 bits per heavy atom. The molecule has 0 N–H and O–H groups in total. The van der Waals surface area contributed by atoms with Gasteiger partial charge in [0.05, 0.1) is 5.39 Å². The zero-order chi connectivity index (χ0) is 12.1. The second-order valence-corrected chi connectivity index (χ2v) is 4.85. The minimum Gasteiger partial charge on any atom is -0.461 e. The zero-order valence-corrected chi connectivity index (χ0v) is 9.90. The fourth-order valence-corrected chi connectivity index (χ4v) is 2.92. The van der Waals surface area contributed by atoms with Gasteiger partial charge in [-0.2, -0.15) is 0 Å². The first-order valence-electron chi connectivity index (χ1n) is 6.31. The normalized spacial score (nSPS) is 14.2. The summed E-state index contributed by atoms with van der Waals surface area (Å²) in [6.07, 6.45) is 2.78. The summed E-state index contributed by atoms with van der Waals surface area (Å²) < 4.78 is 5.89. The smallest absolute Gasteiger partial charge is 0.196 e. The zero-order valence-electron chi connectivity index (χ0n) is 9.90. The molecule has 2 aromatic carbocycles. The summed E-state index contributed by atoms with van der Waals surface area (Å²) >= 11 is 0. The van der Waals surface area contributed by atoms with Crippen molar-refractivity contribution in [3.63, 3.8) is 0 Å². The van der Waals surface area contributed by atoms with Gasteiger partial charge in [0.1, 0.15) is 11.3 Å². The summed E-state index contributed by atoms with van der Waals surface area (Å²) in [5.74, 6) is 0.891. The molecule has 0 fully saturated rings. The van der Waals surface area contributed by atoms with Gasteiger partial charge in [-0.3, -0.25) is 4.79 Å². The van der Waals surface area contributed by atoms with Gasteiger partial charge in [0.15, 0.2) is 5.43 Å². The van der Waals surface area contributed by atoms with E-state index < -0.39 is 0 Å². The first-order valence-corrected chi connectivity index (χ1v) is 6.31. The lowest BCUT2D eigenvalue weighted by atomic mass is 10.0. The van der Waals surface area contributed by atoms with Crippen LogP contribution in [0.25, 0.3) is 21.7 Å². The maximum Gasteiger partial charge on any atom is 0.196 e. The highest BCUT2D eigenvalue weighted by Crippen LogP contribution is 2.28. The summed E-state index contributed by atoms with van der Waals surface area (Å²) in [7, 11) is 0. The lowest BCUT2D eigenvalue weighted by Gasteiger charge is -2.05. The highest BCUT2D eigenvalue weighted by Gasteiger charge is 2.20. The Morgan fingerprint density at radius 2 is 1.89 bits per heavy atom. The second-order valence-electron chi connectivity index (χ2n) is 4.85. The molecule has 0 saturated heterocycles. The van der Waals surface area contributed by atoms with Crippen LogP contribution in [0.4, 0.5) is 0 Å². The molecule has 0 aliphatic heterocycles. The third-order valence-electron chi connectivity index (χ3n) is 3.79. The Labute approximate surface area is 104 Å². The molecular formula is C16H12O2. The predicted molar refractivity (Wildman–Crippen MR) is 72.0 cm³/mol. The van der Waals surface area contributed by atoms with Crippen LogP contribution in [0.15, 0.2) is 45.6 Å². The molecule has 1 aromatic heterocycles. The average molecular weight is 236 g/mol. The minimum absolute atomic E-state index is 0.167. The lowest BCUT2D eigenvalue weighted by Crippen LogP contribution is -2.08. The van der Waals surface area contributed by atoms with Gasteiger partial charge in [-0.1, -0.05) is 30.3 Å². The van der Waals surface area contributed by atoms with Crippen LogP contribution < -0.4 is 5.43 Å². The van der Waals surface area contributed by atoms with Crippen molar-refractivity contribution in [2.75, 3.05) is 0 Å². The van der Waals surface area contributed by atoms with Crippen LogP contribution >= 0.6 is 0 Å². The number of aryl methyl sites for hydroxylation is 1. The van der Waals surface area contributed by atoms with Crippen molar-refractivity contribution in [3.05, 3.63) is 57.9 Å². The molecular weight excluding hydrogens is 224 g/mol. The molecule has 0 atom stereocenters. The number of fused-ring (bicyclic) bond motifs is 4. The summed E-state index contributed by atoms with van der Waals surface area (Å²) in [6.45, 7) is 0. The quantitative estimate of drug-likeness (QED) is 0.560. The summed E-state index contributed by atoms with van der Waals surface area (Å²) in [5, 5.41) is 2.84. The second kappa shape index (κ2) is 3.45. The van der Waals surface area contributed by atoms with Gasteiger partial charge >= 0.3 is 0 Å². The van der Waals surface area contributed by atoms with Crippen LogP contribution in [-0.2, 0) is 12.8 Å². The molecule has 4 rings (SSSR count). The molecule has 0 amide bonds. The van der Waals surface area contributed by atoms with E-state index in [1.807, 2.05) is 36.4 Å². The van der Waals surface area contributed by atoms with Crippen molar-refractivity contribution < 1.29 is 4.42 Å². The van der Waals surface area contributed by atoms with E-state index in [1.165, 1.54) is 0 Å². The molecule has 0 unspecified atom stereocenters. The summed E-state index contributed by atoms with van der Waals surface area (Å²) in [5.41, 5.74) is 1.78. The molecule has 88 valence electrons. The largest absolute Gasteiger partial charge is 0.461 e. The molecule has 0 spiro atoms. The van der Waals surface area contributed by atoms with E-state index in [9.17, 15) is 4.79 Å². The number of rotatable bonds is 0. The van der Waals surface area contributed by atoms with Gasteiger partial charge in [0.2, 0.25) is 0 Å². The molecule has 3 aromatic rings. The highest BCUT2D eigenvalue weighted by atomic mass is 16.3. The lowest BCUT2D eigenvalue weighted by molar-refractivity contribution is 0.546. The average Bonchev–Trinajstić information content (AvgIpc) is 2.87. The van der Waals surface area contributed by atoms with Crippen LogP contribution in [-0.4, -0.2) is 0 Å². The van der Waals surface area contributed by atoms with E-state index in [0.29, 0.717) is 0 Å². The monoisotopic (exact) mass is 236 g/mol. The molecule has 2 nitrogen and oxygen atoms in total. The Balaban J connectivity index is 2.29. The van der Waals surface area contributed by atoms with Crippen LogP contribution in [0.3, 0.4) is 0 Å². The van der Waals surface area contributed by atoms with Crippen LogP contribution in [0, 0.1) is 0 Å². The van der Waals surface area contributed by atoms with Crippen molar-refractivity contribution in [1.82, 2.24) is 0 Å². The van der Waals surface area contributed by atoms with Crippen LogP contribution in [0.2, 0.25) is 0 Å². The SMILES string of the molecule is O=c1c2c(oc3ccc4ccccc4c13)CCC2. The Bertz CT molecular complexity index is 827. The van der Waals surface area contributed by atoms with Gasteiger partial charge in [-0.15, -0.1) is 0 Å². The molecule has 1 aliphatic rings. The van der Waals surface area contributed by atoms with E-state index >= 15 is 0 Å². The van der Waals surface area contributed by atoms with Crippen LogP contribution in [0.1, 0.15) is 17.7 Å². The highest BCUT2D eigenvalue weighted by molar-refractivity contribution is 6.05. The standard InChI is InChI=1S/C16H12O2/c17-16-12-6-3-7-13(12)18-14-9-8-10-4-1-2-5-11(10)15(14)16/h1-2,4-5,8-9H,3,6-7H2. The number of hydrogen-bond acceptors (Lipinski definition) is 2. The fraction of sp³-hybridized carbons (Fsp3) is 0.188. The Kier molecular flexibility index (Phi) is 1.90. The first kappa shape index (κ1) is 9.89. The number of benzene rings is 2. The molecule has 18 heavy (non-hydrogen) atoms. The molecule has 0 radical (unpaired) electrons. The summed E-state index contributed by atoms with van der Waals surface area (Å²) in [6, 6.07) is 11.9. The van der Waals surface area contributed by atoms with Crippen molar-refractivity contribution in [2.45, 2.75) is 19.3 Å². The maximum absolute atomic E-state index is 12.6. The van der Waals surface area contributed by atoms with Gasteiger partial charge in [0, 0.05) is 12.0 Å². The molecule has 0 saturated carbocycles.